The molecule has 3 heterocycles. The van der Waals surface area contributed by atoms with Crippen molar-refractivity contribution < 1.29 is 9.90 Å². The average molecular weight is 346 g/mol. The first-order chi connectivity index (χ1) is 11.7. The van der Waals surface area contributed by atoms with Crippen molar-refractivity contribution in [1.82, 2.24) is 19.4 Å². The first-order valence-electron chi connectivity index (χ1n) is 8.43. The van der Waals surface area contributed by atoms with Crippen molar-refractivity contribution in [2.75, 3.05) is 26.2 Å². The Bertz CT molecular complexity index is 695. The smallest absolute Gasteiger partial charge is 0.254 e. The van der Waals surface area contributed by atoms with Crippen LogP contribution in [0.5, 0.6) is 0 Å². The topological polar surface area (TPSA) is 61.6 Å². The lowest BCUT2D eigenvalue weighted by atomic mass is 10.2. The van der Waals surface area contributed by atoms with E-state index in [-0.39, 0.29) is 5.91 Å². The van der Waals surface area contributed by atoms with Crippen molar-refractivity contribution in [3.8, 4) is 0 Å². The van der Waals surface area contributed by atoms with Crippen LogP contribution in [0.2, 0.25) is 0 Å². The summed E-state index contributed by atoms with van der Waals surface area (Å²) in [6.45, 7) is 3.16. The van der Waals surface area contributed by atoms with Gasteiger partial charge in [-0.3, -0.25) is 9.69 Å². The fourth-order valence-electron chi connectivity index (χ4n) is 3.32. The fourth-order valence-corrected chi connectivity index (χ4v) is 3.95. The zero-order chi connectivity index (χ0) is 16.5. The lowest BCUT2D eigenvalue weighted by Crippen LogP contribution is -2.37. The molecule has 2 fully saturated rings. The third kappa shape index (κ3) is 3.38. The van der Waals surface area contributed by atoms with E-state index in [0.717, 1.165) is 13.1 Å². The van der Waals surface area contributed by atoms with E-state index < -0.39 is 6.10 Å². The maximum absolute atomic E-state index is 12.5. The number of aliphatic hydroxyl groups excluding tert-OH is 1. The largest absolute Gasteiger partial charge is 0.390 e. The predicted octanol–water partition coefficient (Wildman–Crippen LogP) is 1.60. The maximum Gasteiger partial charge on any atom is 0.254 e. The fraction of sp³-hybridized carbons (Fsp3) is 0.529. The van der Waals surface area contributed by atoms with Gasteiger partial charge in [0.05, 0.1) is 23.7 Å². The van der Waals surface area contributed by atoms with Gasteiger partial charge in [-0.15, -0.1) is 0 Å². The van der Waals surface area contributed by atoms with E-state index in [4.69, 9.17) is 0 Å². The molecule has 0 bridgehead atoms. The van der Waals surface area contributed by atoms with Crippen molar-refractivity contribution in [2.24, 2.45) is 0 Å². The molecule has 1 saturated carbocycles. The van der Waals surface area contributed by atoms with Gasteiger partial charge in [0.25, 0.3) is 5.91 Å². The van der Waals surface area contributed by atoms with Gasteiger partial charge in [0.2, 0.25) is 0 Å². The van der Waals surface area contributed by atoms with Gasteiger partial charge in [0, 0.05) is 50.3 Å². The van der Waals surface area contributed by atoms with Crippen LogP contribution in [0.4, 0.5) is 0 Å². The van der Waals surface area contributed by atoms with Gasteiger partial charge in [-0.1, -0.05) is 0 Å². The SMILES string of the molecule is O=C(c1ccsc1)N1CCN(Cc2cncn2C2CC2)C[C@@H](O)C1. The van der Waals surface area contributed by atoms with Gasteiger partial charge in [0.1, 0.15) is 0 Å². The van der Waals surface area contributed by atoms with Gasteiger partial charge in [0.15, 0.2) is 0 Å². The number of hydrogen-bond donors (Lipinski definition) is 1. The molecule has 24 heavy (non-hydrogen) atoms. The number of rotatable bonds is 4. The third-order valence-corrected chi connectivity index (χ3v) is 5.40. The van der Waals surface area contributed by atoms with E-state index in [2.05, 4.69) is 14.5 Å². The quantitative estimate of drug-likeness (QED) is 0.913. The number of carbonyl (C=O) groups is 1. The standard InChI is InChI=1S/C17H22N4O2S/c22-16-9-19(8-15-7-18-12-21(15)14-1-2-14)4-5-20(10-16)17(23)13-3-6-24-11-13/h3,6-7,11-12,14,16,22H,1-2,4-5,8-10H2/t16-/m1/s1. The second kappa shape index (κ2) is 6.66. The summed E-state index contributed by atoms with van der Waals surface area (Å²) in [6.07, 6.45) is 5.77. The molecule has 1 atom stereocenters. The Morgan fingerprint density at radius 1 is 1.33 bits per heavy atom. The minimum absolute atomic E-state index is 0.0140. The second-order valence-corrected chi connectivity index (χ2v) is 7.46. The number of imidazole rings is 1. The van der Waals surface area contributed by atoms with Crippen LogP contribution >= 0.6 is 11.3 Å². The Morgan fingerprint density at radius 2 is 2.21 bits per heavy atom. The summed E-state index contributed by atoms with van der Waals surface area (Å²) in [4.78, 5) is 20.8. The molecule has 4 rings (SSSR count). The van der Waals surface area contributed by atoms with E-state index in [9.17, 15) is 9.90 Å². The van der Waals surface area contributed by atoms with Crippen LogP contribution in [-0.2, 0) is 6.54 Å². The number of aliphatic hydroxyl groups is 1. The molecule has 1 saturated heterocycles. The van der Waals surface area contributed by atoms with Crippen LogP contribution in [0.3, 0.4) is 0 Å². The van der Waals surface area contributed by atoms with Crippen molar-refractivity contribution in [2.45, 2.75) is 31.5 Å². The summed E-state index contributed by atoms with van der Waals surface area (Å²) < 4.78 is 2.26. The first-order valence-corrected chi connectivity index (χ1v) is 9.37. The van der Waals surface area contributed by atoms with Crippen molar-refractivity contribution in [3.05, 3.63) is 40.6 Å². The van der Waals surface area contributed by atoms with Gasteiger partial charge in [-0.2, -0.15) is 11.3 Å². The molecule has 2 aromatic rings. The van der Waals surface area contributed by atoms with Crippen LogP contribution in [-0.4, -0.2) is 62.6 Å². The van der Waals surface area contributed by atoms with E-state index in [1.165, 1.54) is 29.9 Å². The van der Waals surface area contributed by atoms with Crippen molar-refractivity contribution in [3.63, 3.8) is 0 Å². The Kier molecular flexibility index (Phi) is 4.39. The third-order valence-electron chi connectivity index (χ3n) is 4.71. The molecule has 0 spiro atoms. The molecule has 1 aliphatic heterocycles. The van der Waals surface area contributed by atoms with Gasteiger partial charge in [-0.25, -0.2) is 4.98 Å². The molecule has 0 aromatic carbocycles. The van der Waals surface area contributed by atoms with Crippen LogP contribution in [0.25, 0.3) is 0 Å². The van der Waals surface area contributed by atoms with Crippen LogP contribution < -0.4 is 0 Å². The Hall–Kier alpha value is -1.70. The first kappa shape index (κ1) is 15.8. The molecule has 2 aliphatic rings. The Labute approximate surface area is 145 Å². The molecule has 1 N–H and O–H groups in total. The summed E-state index contributed by atoms with van der Waals surface area (Å²) in [5.74, 6) is 0.0140. The highest BCUT2D eigenvalue weighted by Crippen LogP contribution is 2.35. The summed E-state index contributed by atoms with van der Waals surface area (Å²) in [5, 5.41) is 14.1. The zero-order valence-electron chi connectivity index (χ0n) is 13.5. The number of hydrogen-bond acceptors (Lipinski definition) is 5. The highest BCUT2D eigenvalue weighted by atomic mass is 32.1. The molecule has 1 aliphatic carbocycles. The molecule has 0 unspecified atom stereocenters. The molecule has 1 amide bonds. The maximum atomic E-state index is 12.5. The van der Waals surface area contributed by atoms with Crippen LogP contribution in [0.15, 0.2) is 29.4 Å². The second-order valence-electron chi connectivity index (χ2n) is 6.68. The number of amides is 1. The molecular weight excluding hydrogens is 324 g/mol. The van der Waals surface area contributed by atoms with E-state index in [1.54, 1.807) is 4.90 Å². The number of nitrogens with zero attached hydrogens (tertiary/aromatic N) is 4. The number of carbonyl (C=O) groups excluding carboxylic acids is 1. The zero-order valence-corrected chi connectivity index (χ0v) is 14.4. The minimum Gasteiger partial charge on any atom is -0.390 e. The lowest BCUT2D eigenvalue weighted by Gasteiger charge is -2.22. The predicted molar refractivity (Wildman–Crippen MR) is 92.0 cm³/mol. The van der Waals surface area contributed by atoms with E-state index in [1.807, 2.05) is 29.4 Å². The number of thiophene rings is 1. The Morgan fingerprint density at radius 3 is 2.96 bits per heavy atom. The van der Waals surface area contributed by atoms with Crippen molar-refractivity contribution in [1.29, 1.82) is 0 Å². The Balaban J connectivity index is 1.42. The van der Waals surface area contributed by atoms with E-state index in [0.29, 0.717) is 31.2 Å². The van der Waals surface area contributed by atoms with Crippen LogP contribution in [0.1, 0.15) is 34.9 Å². The molecule has 7 heteroatoms. The number of β-amino-alcohol motifs (C(OH)–C–C–N with tert-alkyl or cyclic N) is 1. The normalized spacial score (nSPS) is 22.5. The molecule has 2 aromatic heterocycles. The minimum atomic E-state index is -0.521. The summed E-state index contributed by atoms with van der Waals surface area (Å²) in [7, 11) is 0. The number of aromatic nitrogens is 2. The lowest BCUT2D eigenvalue weighted by molar-refractivity contribution is 0.0663. The van der Waals surface area contributed by atoms with Crippen LogP contribution in [0, 0.1) is 0 Å². The summed E-state index contributed by atoms with van der Waals surface area (Å²) in [5.41, 5.74) is 1.91. The molecule has 0 radical (unpaired) electrons. The average Bonchev–Trinajstić information content (AvgIpc) is 3.12. The van der Waals surface area contributed by atoms with Gasteiger partial charge in [-0.05, 0) is 24.3 Å². The van der Waals surface area contributed by atoms with Crippen molar-refractivity contribution >= 4 is 17.2 Å². The highest BCUT2D eigenvalue weighted by molar-refractivity contribution is 7.08. The monoisotopic (exact) mass is 346 g/mol. The molecule has 128 valence electrons. The van der Waals surface area contributed by atoms with Gasteiger partial charge >= 0.3 is 0 Å². The highest BCUT2D eigenvalue weighted by Gasteiger charge is 2.28. The molecule has 6 nitrogen and oxygen atoms in total. The van der Waals surface area contributed by atoms with E-state index >= 15 is 0 Å². The summed E-state index contributed by atoms with van der Waals surface area (Å²) in [6, 6.07) is 2.45. The summed E-state index contributed by atoms with van der Waals surface area (Å²) >= 11 is 1.52. The van der Waals surface area contributed by atoms with Gasteiger partial charge < -0.3 is 14.6 Å². The molecular formula is C17H22N4O2S.